The number of anilines is 3. The summed E-state index contributed by atoms with van der Waals surface area (Å²) in [6.07, 6.45) is 0. The molecule has 2 heterocycles. The summed E-state index contributed by atoms with van der Waals surface area (Å²) in [5, 5.41) is 6.80. The quantitative estimate of drug-likeness (QED) is 0.160. The van der Waals surface area contributed by atoms with Crippen LogP contribution in [0.1, 0.15) is 22.3 Å². The van der Waals surface area contributed by atoms with Gasteiger partial charge in [-0.15, -0.1) is 0 Å². The molecule has 0 amide bonds. The van der Waals surface area contributed by atoms with Crippen LogP contribution in [0.3, 0.4) is 0 Å². The van der Waals surface area contributed by atoms with Crippen molar-refractivity contribution in [1.29, 1.82) is 0 Å². The number of fused-ring (bicyclic) bond motifs is 11. The molecule has 0 fully saturated rings. The first-order chi connectivity index (χ1) is 33.7. The summed E-state index contributed by atoms with van der Waals surface area (Å²) in [4.78, 5) is 2.40. The standard InChI is InChI=1S/C65H41NO2/c1-3-16-45(17-4-1)65(46-18-5-2-6-19-46)58-26-11-9-21-53(58)54-40-38-49(41-59(54)65)66(48-36-31-44(32-37-48)52-24-13-25-56-55-22-10-12-27-60(55)67-63(52)56)47-34-29-43(30-35-47)50-23-14-28-61-62(50)57-39-33-42-15-7-8-20-51(42)64(57)68-61/h1-41H. The molecule has 1 aliphatic rings. The van der Waals surface area contributed by atoms with Crippen LogP contribution in [-0.4, -0.2) is 0 Å². The van der Waals surface area contributed by atoms with E-state index >= 15 is 0 Å². The minimum Gasteiger partial charge on any atom is -0.455 e. The molecule has 0 aliphatic heterocycles. The number of furan rings is 2. The highest BCUT2D eigenvalue weighted by Gasteiger charge is 2.46. The molecule has 0 N–H and O–H groups in total. The topological polar surface area (TPSA) is 29.5 Å². The van der Waals surface area contributed by atoms with Crippen molar-refractivity contribution < 1.29 is 8.83 Å². The van der Waals surface area contributed by atoms with E-state index in [-0.39, 0.29) is 0 Å². The summed E-state index contributed by atoms with van der Waals surface area (Å²) >= 11 is 0. The highest BCUT2D eigenvalue weighted by atomic mass is 16.3. The average Bonchev–Trinajstić information content (AvgIpc) is 4.09. The maximum Gasteiger partial charge on any atom is 0.143 e. The molecule has 0 unspecified atom stereocenters. The molecule has 0 saturated heterocycles. The van der Waals surface area contributed by atoms with Crippen molar-refractivity contribution >= 4 is 71.7 Å². The van der Waals surface area contributed by atoms with Crippen LogP contribution in [0.4, 0.5) is 17.1 Å². The van der Waals surface area contributed by atoms with E-state index in [2.05, 4.69) is 241 Å². The number of rotatable bonds is 7. The maximum absolute atomic E-state index is 6.61. The fourth-order valence-electron chi connectivity index (χ4n) is 11.4. The second kappa shape index (κ2) is 15.1. The van der Waals surface area contributed by atoms with Crippen molar-refractivity contribution in [2.24, 2.45) is 0 Å². The fourth-order valence-corrected chi connectivity index (χ4v) is 11.4. The van der Waals surface area contributed by atoms with Gasteiger partial charge in [-0.25, -0.2) is 0 Å². The molecule has 68 heavy (non-hydrogen) atoms. The Hall–Kier alpha value is -8.92. The lowest BCUT2D eigenvalue weighted by Crippen LogP contribution is -2.28. The average molecular weight is 868 g/mol. The zero-order valence-electron chi connectivity index (χ0n) is 36.9. The van der Waals surface area contributed by atoms with Crippen LogP contribution in [-0.2, 0) is 5.41 Å². The fraction of sp³-hybridized carbons (Fsp3) is 0.0154. The van der Waals surface area contributed by atoms with E-state index in [0.29, 0.717) is 0 Å². The Bertz CT molecular complexity index is 4030. The lowest BCUT2D eigenvalue weighted by molar-refractivity contribution is 0.670. The Balaban J connectivity index is 0.951. The molecular weight excluding hydrogens is 827 g/mol. The first kappa shape index (κ1) is 38.4. The Morgan fingerprint density at radius 1 is 0.309 bits per heavy atom. The van der Waals surface area contributed by atoms with Gasteiger partial charge in [0.05, 0.1) is 5.41 Å². The van der Waals surface area contributed by atoms with Crippen LogP contribution < -0.4 is 4.90 Å². The van der Waals surface area contributed by atoms with E-state index in [1.807, 2.05) is 12.1 Å². The van der Waals surface area contributed by atoms with Crippen molar-refractivity contribution in [3.8, 4) is 33.4 Å². The second-order valence-electron chi connectivity index (χ2n) is 17.9. The minimum absolute atomic E-state index is 0.535. The number of para-hydroxylation sites is 2. The molecule has 318 valence electrons. The number of hydrogen-bond donors (Lipinski definition) is 0. The van der Waals surface area contributed by atoms with Gasteiger partial charge in [-0.3, -0.25) is 0 Å². The molecule has 0 radical (unpaired) electrons. The van der Waals surface area contributed by atoms with E-state index in [1.165, 1.54) is 38.8 Å². The first-order valence-electron chi connectivity index (χ1n) is 23.3. The van der Waals surface area contributed by atoms with Crippen LogP contribution in [0, 0.1) is 0 Å². The van der Waals surface area contributed by atoms with Crippen molar-refractivity contribution in [2.45, 2.75) is 5.41 Å². The van der Waals surface area contributed by atoms with Crippen molar-refractivity contribution in [3.05, 3.63) is 271 Å². The Morgan fingerprint density at radius 3 is 1.62 bits per heavy atom. The van der Waals surface area contributed by atoms with Crippen LogP contribution in [0.25, 0.3) is 88.0 Å². The molecule has 2 aromatic heterocycles. The van der Waals surface area contributed by atoms with Crippen LogP contribution in [0.5, 0.6) is 0 Å². The third-order valence-corrected chi connectivity index (χ3v) is 14.4. The van der Waals surface area contributed by atoms with Crippen LogP contribution in [0.2, 0.25) is 0 Å². The normalized spacial score (nSPS) is 12.8. The molecule has 3 heteroatoms. The van der Waals surface area contributed by atoms with Crippen molar-refractivity contribution in [3.63, 3.8) is 0 Å². The predicted octanol–water partition coefficient (Wildman–Crippen LogP) is 17.8. The summed E-state index contributed by atoms with van der Waals surface area (Å²) in [7, 11) is 0. The maximum atomic E-state index is 6.61. The van der Waals surface area contributed by atoms with Gasteiger partial charge in [0.1, 0.15) is 22.3 Å². The molecule has 13 aromatic rings. The SMILES string of the molecule is c1ccc(C2(c3ccccc3)c3ccccc3-c3ccc(N(c4ccc(-c5cccc6c5oc5ccccc56)cc4)c4ccc(-c5cccc6oc7c8ccccc8ccc7c56)cc4)cc32)cc1. The van der Waals surface area contributed by atoms with Crippen LogP contribution >= 0.6 is 0 Å². The van der Waals surface area contributed by atoms with E-state index in [4.69, 9.17) is 8.83 Å². The smallest absolute Gasteiger partial charge is 0.143 e. The first-order valence-corrected chi connectivity index (χ1v) is 23.3. The number of hydrogen-bond acceptors (Lipinski definition) is 3. The Kier molecular flexibility index (Phi) is 8.50. The molecule has 3 nitrogen and oxygen atoms in total. The third kappa shape index (κ3) is 5.66. The van der Waals surface area contributed by atoms with Gasteiger partial charge >= 0.3 is 0 Å². The van der Waals surface area contributed by atoms with Crippen LogP contribution in [0.15, 0.2) is 258 Å². The third-order valence-electron chi connectivity index (χ3n) is 14.4. The van der Waals surface area contributed by atoms with E-state index in [9.17, 15) is 0 Å². The van der Waals surface area contributed by atoms with Gasteiger partial charge < -0.3 is 13.7 Å². The highest BCUT2D eigenvalue weighted by Crippen LogP contribution is 2.57. The van der Waals surface area contributed by atoms with Gasteiger partial charge in [-0.2, -0.15) is 0 Å². The molecular formula is C65H41NO2. The Labute approximate surface area is 393 Å². The van der Waals surface area contributed by atoms with E-state index in [0.717, 1.165) is 88.6 Å². The predicted molar refractivity (Wildman–Crippen MR) is 281 cm³/mol. The van der Waals surface area contributed by atoms with E-state index in [1.54, 1.807) is 0 Å². The molecule has 1 aliphatic carbocycles. The second-order valence-corrected chi connectivity index (χ2v) is 17.9. The van der Waals surface area contributed by atoms with Crippen molar-refractivity contribution in [2.75, 3.05) is 4.90 Å². The monoisotopic (exact) mass is 867 g/mol. The van der Waals surface area contributed by atoms with Crippen molar-refractivity contribution in [1.82, 2.24) is 0 Å². The van der Waals surface area contributed by atoms with Gasteiger partial charge in [0.15, 0.2) is 0 Å². The largest absolute Gasteiger partial charge is 0.455 e. The van der Waals surface area contributed by atoms with Gasteiger partial charge in [0, 0.05) is 49.6 Å². The highest BCUT2D eigenvalue weighted by molar-refractivity contribution is 6.19. The zero-order valence-corrected chi connectivity index (χ0v) is 36.9. The molecule has 14 rings (SSSR count). The summed E-state index contributed by atoms with van der Waals surface area (Å²) in [6.45, 7) is 0. The summed E-state index contributed by atoms with van der Waals surface area (Å²) in [5.74, 6) is 0. The summed E-state index contributed by atoms with van der Waals surface area (Å²) in [6, 6.07) is 90.0. The lowest BCUT2D eigenvalue weighted by Gasteiger charge is -2.35. The number of nitrogens with zero attached hydrogens (tertiary/aromatic N) is 1. The minimum atomic E-state index is -0.535. The summed E-state index contributed by atoms with van der Waals surface area (Å²) in [5.41, 5.74) is 18.2. The molecule has 0 atom stereocenters. The lowest BCUT2D eigenvalue weighted by atomic mass is 9.67. The molecule has 0 saturated carbocycles. The van der Waals surface area contributed by atoms with Gasteiger partial charge in [-0.1, -0.05) is 194 Å². The van der Waals surface area contributed by atoms with E-state index < -0.39 is 5.41 Å². The van der Waals surface area contributed by atoms with Gasteiger partial charge in [-0.05, 0) is 110 Å². The Morgan fingerprint density at radius 2 is 0.853 bits per heavy atom. The van der Waals surface area contributed by atoms with Gasteiger partial charge in [0.2, 0.25) is 0 Å². The molecule has 11 aromatic carbocycles. The zero-order chi connectivity index (χ0) is 44.8. The number of benzene rings is 11. The molecule has 0 bridgehead atoms. The van der Waals surface area contributed by atoms with Gasteiger partial charge in [0.25, 0.3) is 0 Å². The molecule has 0 spiro atoms. The summed E-state index contributed by atoms with van der Waals surface area (Å²) < 4.78 is 13.1.